The zero-order valence-electron chi connectivity index (χ0n) is 29.5. The van der Waals surface area contributed by atoms with Gasteiger partial charge in [0.05, 0.1) is 45.3 Å². The van der Waals surface area contributed by atoms with Crippen LogP contribution >= 0.6 is 0 Å². The molecular weight excluding hydrogens is 746 g/mol. The number of hydrogen-bond acceptors (Lipinski definition) is 9. The number of nitrogens with zero attached hydrogens (tertiary/aromatic N) is 3. The van der Waals surface area contributed by atoms with Crippen LogP contribution in [0.5, 0.6) is 23.0 Å². The molecule has 0 unspecified atom stereocenters. The molecule has 3 aromatic carbocycles. The van der Waals surface area contributed by atoms with Gasteiger partial charge in [0.15, 0.2) is 5.82 Å². The molecule has 1 amide bonds. The molecule has 1 aliphatic heterocycles. The highest BCUT2D eigenvalue weighted by atomic mass is 32.2. The number of methoxy groups -OCH3 is 4. The fraction of sp³-hybridized carbons (Fsp3) is 0.333. The van der Waals surface area contributed by atoms with Gasteiger partial charge in [-0.1, -0.05) is 18.2 Å². The van der Waals surface area contributed by atoms with Crippen LogP contribution in [0.15, 0.2) is 71.8 Å². The van der Waals surface area contributed by atoms with Crippen LogP contribution in [0.1, 0.15) is 39.9 Å². The van der Waals surface area contributed by atoms with Crippen molar-refractivity contribution in [1.82, 2.24) is 9.29 Å². The number of rotatable bonds is 13. The Morgan fingerprint density at radius 3 is 1.93 bits per heavy atom. The zero-order chi connectivity index (χ0) is 39.4. The molecule has 54 heavy (non-hydrogen) atoms. The summed E-state index contributed by atoms with van der Waals surface area (Å²) in [5.41, 5.74) is -1.92. The lowest BCUT2D eigenvalue weighted by atomic mass is 10.1. The Morgan fingerprint density at radius 2 is 1.43 bits per heavy atom. The Labute approximate surface area is 307 Å². The van der Waals surface area contributed by atoms with Crippen LogP contribution in [0.2, 0.25) is 0 Å². The Kier molecular flexibility index (Phi) is 11.9. The van der Waals surface area contributed by atoms with E-state index in [9.17, 15) is 35.2 Å². The Balaban J connectivity index is 1.54. The van der Waals surface area contributed by atoms with Gasteiger partial charge in [0.25, 0.3) is 11.8 Å². The van der Waals surface area contributed by atoms with Crippen molar-refractivity contribution in [3.8, 4) is 23.0 Å². The number of benzene rings is 3. The standard InChI is InChI=1S/C36H36F6N4O7S/c1-50-25-10-8-22(29(17-25)52-3)20-46(21-23-9-11-26(51-2)18-30(23)53-4)54(48,49)31-7-5-6-28(32(31)37)44-34(47)27-16-24(36(40,41)42)19-43-33(27)45-14-12-35(38,39)13-15-45/h5-11,16-19H,12-15,20-21H2,1-4H3,(H,44,47). The van der Waals surface area contributed by atoms with Crippen molar-refractivity contribution in [2.75, 3.05) is 51.7 Å². The van der Waals surface area contributed by atoms with Crippen molar-refractivity contribution in [1.29, 1.82) is 0 Å². The van der Waals surface area contributed by atoms with Gasteiger partial charge >= 0.3 is 6.18 Å². The second-order valence-electron chi connectivity index (χ2n) is 12.1. The van der Waals surface area contributed by atoms with E-state index in [4.69, 9.17) is 18.9 Å². The molecule has 0 radical (unpaired) electrons. The van der Waals surface area contributed by atoms with Crippen molar-refractivity contribution >= 4 is 27.4 Å². The molecule has 0 aliphatic carbocycles. The molecular formula is C36H36F6N4O7S. The highest BCUT2D eigenvalue weighted by Gasteiger charge is 2.38. The lowest BCUT2D eigenvalue weighted by Crippen LogP contribution is -2.40. The quantitative estimate of drug-likeness (QED) is 0.141. The molecule has 0 atom stereocenters. The molecule has 1 aromatic heterocycles. The summed E-state index contributed by atoms with van der Waals surface area (Å²) in [6.07, 6.45) is -5.73. The van der Waals surface area contributed by atoms with E-state index < -0.39 is 68.4 Å². The number of carbonyl (C=O) groups excluding carboxylic acids is 1. The number of aromatic nitrogens is 1. The van der Waals surface area contributed by atoms with Crippen LogP contribution in [0, 0.1) is 5.82 Å². The summed E-state index contributed by atoms with van der Waals surface area (Å²) in [5.74, 6) is -4.66. The number of halogens is 6. The van der Waals surface area contributed by atoms with Gasteiger partial charge in [-0.2, -0.15) is 17.5 Å². The number of anilines is 2. The number of hydrogen-bond donors (Lipinski definition) is 1. The first-order valence-corrected chi connectivity index (χ1v) is 17.7. The summed E-state index contributed by atoms with van der Waals surface area (Å²) in [6.45, 7) is -1.34. The van der Waals surface area contributed by atoms with Crippen LogP contribution in [0.3, 0.4) is 0 Å². The normalized spacial score (nSPS) is 14.5. The van der Waals surface area contributed by atoms with Crippen molar-refractivity contribution in [2.24, 2.45) is 0 Å². The van der Waals surface area contributed by atoms with Crippen molar-refractivity contribution in [2.45, 2.75) is 42.9 Å². The van der Waals surface area contributed by atoms with Gasteiger partial charge in [0, 0.05) is 68.5 Å². The highest BCUT2D eigenvalue weighted by Crippen LogP contribution is 2.37. The van der Waals surface area contributed by atoms with Crippen LogP contribution in [-0.4, -0.2) is 71.1 Å². The van der Waals surface area contributed by atoms with Crippen LogP contribution < -0.4 is 29.2 Å². The van der Waals surface area contributed by atoms with Crippen LogP contribution in [0.4, 0.5) is 37.8 Å². The van der Waals surface area contributed by atoms with E-state index in [2.05, 4.69) is 10.3 Å². The topological polar surface area (TPSA) is 120 Å². The molecule has 0 spiro atoms. The molecule has 2 heterocycles. The number of nitrogens with one attached hydrogen (secondary N) is 1. The van der Waals surface area contributed by atoms with Gasteiger partial charge in [0.1, 0.15) is 33.7 Å². The van der Waals surface area contributed by atoms with Crippen LogP contribution in [0.25, 0.3) is 0 Å². The monoisotopic (exact) mass is 782 g/mol. The predicted octanol–water partition coefficient (Wildman–Crippen LogP) is 7.15. The maximum absolute atomic E-state index is 16.4. The number of piperidine rings is 1. The fourth-order valence-corrected chi connectivity index (χ4v) is 7.27. The number of pyridine rings is 1. The molecule has 1 saturated heterocycles. The summed E-state index contributed by atoms with van der Waals surface area (Å²) in [6, 6.07) is 13.0. The third-order valence-corrected chi connectivity index (χ3v) is 10.6. The summed E-state index contributed by atoms with van der Waals surface area (Å²) in [7, 11) is 0.830. The summed E-state index contributed by atoms with van der Waals surface area (Å²) in [4.78, 5) is 17.7. The van der Waals surface area contributed by atoms with E-state index >= 15 is 4.39 Å². The van der Waals surface area contributed by atoms with E-state index in [1.807, 2.05) is 0 Å². The minimum atomic E-state index is -4.93. The zero-order valence-corrected chi connectivity index (χ0v) is 30.3. The SMILES string of the molecule is COc1ccc(CN(Cc2ccc(OC)cc2OC)S(=O)(=O)c2cccc(NC(=O)c3cc(C(F)(F)F)cnc3N3CCC(F)(F)CC3)c2F)c(OC)c1. The lowest BCUT2D eigenvalue weighted by Gasteiger charge is -2.33. The maximum Gasteiger partial charge on any atom is 0.417 e. The molecule has 5 rings (SSSR count). The summed E-state index contributed by atoms with van der Waals surface area (Å²) >= 11 is 0. The number of ether oxygens (including phenoxy) is 4. The minimum Gasteiger partial charge on any atom is -0.497 e. The van der Waals surface area contributed by atoms with E-state index in [0.29, 0.717) is 34.9 Å². The van der Waals surface area contributed by atoms with Crippen molar-refractivity contribution < 1.29 is 58.5 Å². The molecule has 11 nitrogen and oxygen atoms in total. The number of sulfonamides is 1. The number of alkyl halides is 5. The Bertz CT molecular complexity index is 2050. The average molecular weight is 783 g/mol. The van der Waals surface area contributed by atoms with Gasteiger partial charge in [-0.3, -0.25) is 4.79 Å². The predicted molar refractivity (Wildman–Crippen MR) is 186 cm³/mol. The average Bonchev–Trinajstić information content (AvgIpc) is 3.14. The lowest BCUT2D eigenvalue weighted by molar-refractivity contribution is -0.137. The first-order chi connectivity index (χ1) is 25.5. The highest BCUT2D eigenvalue weighted by molar-refractivity contribution is 7.89. The molecule has 4 aromatic rings. The van der Waals surface area contributed by atoms with Crippen molar-refractivity contribution in [3.05, 3.63) is 94.9 Å². The minimum absolute atomic E-state index is 0.264. The molecule has 0 saturated carbocycles. The van der Waals surface area contributed by atoms with E-state index in [1.54, 1.807) is 24.3 Å². The molecule has 18 heteroatoms. The fourth-order valence-electron chi connectivity index (χ4n) is 5.78. The van der Waals surface area contributed by atoms with E-state index in [1.165, 1.54) is 45.5 Å². The molecule has 1 N–H and O–H groups in total. The molecule has 1 fully saturated rings. The third kappa shape index (κ3) is 8.76. The second-order valence-corrected chi connectivity index (χ2v) is 14.0. The first-order valence-electron chi connectivity index (χ1n) is 16.2. The molecule has 1 aliphatic rings. The van der Waals surface area contributed by atoms with Gasteiger partial charge in [-0.05, 0) is 30.3 Å². The van der Waals surface area contributed by atoms with Gasteiger partial charge in [0.2, 0.25) is 10.0 Å². The van der Waals surface area contributed by atoms with E-state index in [-0.39, 0.29) is 43.5 Å². The van der Waals surface area contributed by atoms with Gasteiger partial charge in [-0.25, -0.2) is 26.6 Å². The largest absolute Gasteiger partial charge is 0.497 e. The third-order valence-electron chi connectivity index (χ3n) is 8.74. The maximum atomic E-state index is 16.4. The second kappa shape index (κ2) is 16.0. The summed E-state index contributed by atoms with van der Waals surface area (Å²) < 4.78 is 136. The van der Waals surface area contributed by atoms with Crippen molar-refractivity contribution in [3.63, 3.8) is 0 Å². The van der Waals surface area contributed by atoms with Crippen LogP contribution in [-0.2, 0) is 29.3 Å². The number of amides is 1. The molecule has 0 bridgehead atoms. The summed E-state index contributed by atoms with van der Waals surface area (Å²) in [5, 5.41) is 2.17. The molecule has 290 valence electrons. The van der Waals surface area contributed by atoms with Gasteiger partial charge < -0.3 is 29.2 Å². The number of carbonyl (C=O) groups is 1. The Hall–Kier alpha value is -5.23. The first kappa shape index (κ1) is 40.0. The van der Waals surface area contributed by atoms with E-state index in [0.717, 1.165) is 22.5 Å². The smallest absolute Gasteiger partial charge is 0.417 e. The Morgan fingerprint density at radius 1 is 0.870 bits per heavy atom. The van der Waals surface area contributed by atoms with Gasteiger partial charge in [-0.15, -0.1) is 0 Å².